The van der Waals surface area contributed by atoms with Gasteiger partial charge in [0, 0.05) is 18.4 Å². The maximum atomic E-state index is 12.0. The maximum absolute atomic E-state index is 12.0. The molecule has 11 heteroatoms. The Bertz CT molecular complexity index is 594. The zero-order valence-electron chi connectivity index (χ0n) is 15.2. The van der Waals surface area contributed by atoms with Gasteiger partial charge in [0.25, 0.3) is 0 Å². The number of fused-ring (bicyclic) bond motifs is 1. The number of carbonyl (C=O) groups is 1. The summed E-state index contributed by atoms with van der Waals surface area (Å²) in [7, 11) is 1.19. The highest BCUT2D eigenvalue weighted by molar-refractivity contribution is 5.89. The average molecular weight is 406 g/mol. The average Bonchev–Trinajstić information content (AvgIpc) is 3.05. The van der Waals surface area contributed by atoms with Crippen LogP contribution in [-0.4, -0.2) is 100 Å². The molecule has 1 aliphatic carbocycles. The standard InChI is InChI=1S/C17H26O11/c1-25-15(24)7-5-26-16(10-6(3-18)2-8(20)11(7)10)28-17-14(23)13(22)12(21)9(4-19)27-17/h5-6,8-14,16-23H,2-4H2,1H3/t6-,8-,9+,10-,11+,12+,13-,14+,16+,17-/m0/s1. The molecule has 1 saturated carbocycles. The second-order valence-electron chi connectivity index (χ2n) is 7.25. The molecule has 6 N–H and O–H groups in total. The fourth-order valence-corrected chi connectivity index (χ4v) is 4.21. The summed E-state index contributed by atoms with van der Waals surface area (Å²) in [5, 5.41) is 59.3. The van der Waals surface area contributed by atoms with Crippen molar-refractivity contribution in [1.29, 1.82) is 0 Å². The minimum atomic E-state index is -1.63. The van der Waals surface area contributed by atoms with Crippen LogP contribution in [-0.2, 0) is 23.7 Å². The van der Waals surface area contributed by atoms with E-state index in [2.05, 4.69) is 0 Å². The molecule has 2 aliphatic heterocycles. The number of carbonyl (C=O) groups excluding carboxylic acids is 1. The number of methoxy groups -OCH3 is 1. The fraction of sp³-hybridized carbons (Fsp3) is 0.824. The second kappa shape index (κ2) is 8.59. The Morgan fingerprint density at radius 2 is 1.82 bits per heavy atom. The van der Waals surface area contributed by atoms with Gasteiger partial charge in [-0.05, 0) is 12.3 Å². The molecular formula is C17H26O11. The third kappa shape index (κ3) is 3.64. The number of aliphatic hydroxyl groups excluding tert-OH is 6. The third-order valence-electron chi connectivity index (χ3n) is 5.69. The summed E-state index contributed by atoms with van der Waals surface area (Å²) in [6, 6.07) is 0. The van der Waals surface area contributed by atoms with Gasteiger partial charge < -0.3 is 49.6 Å². The Labute approximate surface area is 160 Å². The van der Waals surface area contributed by atoms with Crippen LogP contribution in [0.1, 0.15) is 6.42 Å². The molecule has 0 aromatic heterocycles. The van der Waals surface area contributed by atoms with E-state index in [1.165, 1.54) is 7.11 Å². The van der Waals surface area contributed by atoms with Crippen molar-refractivity contribution < 1.29 is 54.4 Å². The van der Waals surface area contributed by atoms with E-state index in [4.69, 9.17) is 18.9 Å². The first-order valence-electron chi connectivity index (χ1n) is 9.02. The highest BCUT2D eigenvalue weighted by atomic mass is 16.8. The molecule has 11 nitrogen and oxygen atoms in total. The maximum Gasteiger partial charge on any atom is 0.337 e. The van der Waals surface area contributed by atoms with Crippen molar-refractivity contribution in [2.24, 2.45) is 17.8 Å². The van der Waals surface area contributed by atoms with Gasteiger partial charge in [0.15, 0.2) is 6.29 Å². The zero-order chi connectivity index (χ0) is 20.6. The van der Waals surface area contributed by atoms with Crippen LogP contribution in [0.2, 0.25) is 0 Å². The van der Waals surface area contributed by atoms with Crippen molar-refractivity contribution in [2.75, 3.05) is 20.3 Å². The van der Waals surface area contributed by atoms with Crippen LogP contribution in [0.15, 0.2) is 11.8 Å². The molecule has 160 valence electrons. The van der Waals surface area contributed by atoms with Crippen molar-refractivity contribution in [3.63, 3.8) is 0 Å². The molecule has 0 bridgehead atoms. The van der Waals surface area contributed by atoms with Crippen LogP contribution in [0.3, 0.4) is 0 Å². The molecule has 0 aromatic carbocycles. The predicted octanol–water partition coefficient (Wildman–Crippen LogP) is -3.18. The molecule has 0 radical (unpaired) electrons. The topological polar surface area (TPSA) is 175 Å². The van der Waals surface area contributed by atoms with E-state index in [1.54, 1.807) is 0 Å². The van der Waals surface area contributed by atoms with Gasteiger partial charge in [-0.2, -0.15) is 0 Å². The lowest BCUT2D eigenvalue weighted by Crippen LogP contribution is -2.60. The van der Waals surface area contributed by atoms with E-state index in [0.29, 0.717) is 0 Å². The molecular weight excluding hydrogens is 380 g/mol. The minimum absolute atomic E-state index is 0.101. The zero-order valence-corrected chi connectivity index (χ0v) is 15.2. The van der Waals surface area contributed by atoms with E-state index in [1.807, 2.05) is 0 Å². The largest absolute Gasteiger partial charge is 0.472 e. The van der Waals surface area contributed by atoms with Gasteiger partial charge in [-0.1, -0.05) is 0 Å². The summed E-state index contributed by atoms with van der Waals surface area (Å²) in [6.07, 6.45) is -8.19. The van der Waals surface area contributed by atoms with Gasteiger partial charge in [-0.25, -0.2) is 4.79 Å². The number of hydrogen-bond donors (Lipinski definition) is 6. The molecule has 2 heterocycles. The number of esters is 1. The molecule has 0 unspecified atom stereocenters. The van der Waals surface area contributed by atoms with E-state index in [0.717, 1.165) is 6.26 Å². The van der Waals surface area contributed by atoms with Crippen LogP contribution in [0, 0.1) is 17.8 Å². The lowest BCUT2D eigenvalue weighted by atomic mass is 9.82. The van der Waals surface area contributed by atoms with Crippen LogP contribution in [0.4, 0.5) is 0 Å². The molecule has 0 aromatic rings. The number of ether oxygens (including phenoxy) is 4. The van der Waals surface area contributed by atoms with E-state index in [9.17, 15) is 35.4 Å². The van der Waals surface area contributed by atoms with Crippen LogP contribution in [0.5, 0.6) is 0 Å². The number of aliphatic hydroxyl groups is 6. The minimum Gasteiger partial charge on any atom is -0.472 e. The molecule has 1 saturated heterocycles. The summed E-state index contributed by atoms with van der Waals surface area (Å²) in [6.45, 7) is -0.919. The Balaban J connectivity index is 1.83. The molecule has 0 spiro atoms. The van der Waals surface area contributed by atoms with Crippen molar-refractivity contribution >= 4 is 5.97 Å². The number of hydrogen-bond acceptors (Lipinski definition) is 11. The Morgan fingerprint density at radius 1 is 1.11 bits per heavy atom. The first-order valence-corrected chi connectivity index (χ1v) is 9.02. The summed E-state index contributed by atoms with van der Waals surface area (Å²) in [5.41, 5.74) is 0.101. The summed E-state index contributed by atoms with van der Waals surface area (Å²) >= 11 is 0. The van der Waals surface area contributed by atoms with Gasteiger partial charge >= 0.3 is 5.97 Å². The predicted molar refractivity (Wildman–Crippen MR) is 88.0 cm³/mol. The second-order valence-corrected chi connectivity index (χ2v) is 7.25. The first-order chi connectivity index (χ1) is 13.3. The fourth-order valence-electron chi connectivity index (χ4n) is 4.21. The van der Waals surface area contributed by atoms with Gasteiger partial charge in [0.1, 0.15) is 24.4 Å². The van der Waals surface area contributed by atoms with Crippen molar-refractivity contribution in [2.45, 2.75) is 49.5 Å². The first kappa shape index (κ1) is 21.4. The Kier molecular flexibility index (Phi) is 6.57. The van der Waals surface area contributed by atoms with E-state index >= 15 is 0 Å². The molecule has 3 rings (SSSR count). The monoisotopic (exact) mass is 406 g/mol. The Hall–Kier alpha value is -1.31. The highest BCUT2D eigenvalue weighted by Crippen LogP contribution is 2.47. The molecule has 0 amide bonds. The summed E-state index contributed by atoms with van der Waals surface area (Å²) in [4.78, 5) is 12.0. The molecule has 2 fully saturated rings. The lowest BCUT2D eigenvalue weighted by molar-refractivity contribution is -0.343. The van der Waals surface area contributed by atoms with Gasteiger partial charge in [0.05, 0.1) is 31.7 Å². The van der Waals surface area contributed by atoms with Crippen LogP contribution in [0.25, 0.3) is 0 Å². The third-order valence-corrected chi connectivity index (χ3v) is 5.69. The molecule has 10 atom stereocenters. The smallest absolute Gasteiger partial charge is 0.337 e. The van der Waals surface area contributed by atoms with Gasteiger partial charge in [-0.15, -0.1) is 0 Å². The quantitative estimate of drug-likeness (QED) is 0.254. The Morgan fingerprint density at radius 3 is 2.43 bits per heavy atom. The van der Waals surface area contributed by atoms with Crippen molar-refractivity contribution in [3.05, 3.63) is 11.8 Å². The highest BCUT2D eigenvalue weighted by Gasteiger charge is 2.54. The number of rotatable bonds is 5. The van der Waals surface area contributed by atoms with E-state index in [-0.39, 0.29) is 18.6 Å². The van der Waals surface area contributed by atoms with Gasteiger partial charge in [0.2, 0.25) is 6.29 Å². The van der Waals surface area contributed by atoms with Crippen LogP contribution >= 0.6 is 0 Å². The normalized spacial score (nSPS) is 45.8. The summed E-state index contributed by atoms with van der Waals surface area (Å²) in [5.74, 6) is -2.54. The lowest BCUT2D eigenvalue weighted by Gasteiger charge is -2.43. The van der Waals surface area contributed by atoms with Crippen LogP contribution < -0.4 is 0 Å². The van der Waals surface area contributed by atoms with Crippen molar-refractivity contribution in [1.82, 2.24) is 0 Å². The SMILES string of the molecule is COC(=O)C1=CO[C@H](O[C@@H]2O[C@H](CO)[C@@H](O)[C@H](O)[C@H]2O)[C@H]2[C@H](CO)C[C@H](O)[C@@H]12. The van der Waals surface area contributed by atoms with Crippen molar-refractivity contribution in [3.8, 4) is 0 Å². The molecule has 28 heavy (non-hydrogen) atoms. The molecule has 3 aliphatic rings. The summed E-state index contributed by atoms with van der Waals surface area (Å²) < 4.78 is 21.2. The van der Waals surface area contributed by atoms with E-state index < -0.39 is 73.4 Å². The van der Waals surface area contributed by atoms with Gasteiger partial charge in [-0.3, -0.25) is 0 Å².